The number of hydrogen-bond donors (Lipinski definition) is 2. The fourth-order valence-corrected chi connectivity index (χ4v) is 2.06. The normalized spacial score (nSPS) is 10.0. The van der Waals surface area contributed by atoms with Crippen molar-refractivity contribution >= 4 is 17.7 Å². The molecule has 2 N–H and O–H groups in total. The van der Waals surface area contributed by atoms with Crippen LogP contribution in [0.4, 0.5) is 10.5 Å². The van der Waals surface area contributed by atoms with Crippen LogP contribution in [0.15, 0.2) is 42.6 Å². The third kappa shape index (κ3) is 5.49. The number of pyridine rings is 1. The van der Waals surface area contributed by atoms with Gasteiger partial charge >= 0.3 is 12.0 Å². The quantitative estimate of drug-likeness (QED) is 0.755. The first-order valence-electron chi connectivity index (χ1n) is 7.94. The molecule has 0 saturated carbocycles. The number of nitrogens with zero attached hydrogens (tertiary/aromatic N) is 1. The number of anilines is 1. The zero-order chi connectivity index (χ0) is 18.1. The standard InChI is InChI=1S/C18H21N3O4/c1-3-11-25-17(22)13-6-8-15(9-7-13)21-18(23)20-12-14-5-4-10-19-16(14)24-2/h4-10H,3,11-12H2,1-2H3,(H2,20,21,23). The molecular formula is C18H21N3O4. The molecule has 7 heteroatoms. The van der Waals surface area contributed by atoms with Gasteiger partial charge in [-0.3, -0.25) is 0 Å². The van der Waals surface area contributed by atoms with E-state index in [-0.39, 0.29) is 18.5 Å². The molecule has 2 amide bonds. The van der Waals surface area contributed by atoms with Crippen LogP contribution in [-0.4, -0.2) is 30.7 Å². The van der Waals surface area contributed by atoms with Crippen molar-refractivity contribution in [2.75, 3.05) is 19.0 Å². The van der Waals surface area contributed by atoms with Crippen LogP contribution < -0.4 is 15.4 Å². The van der Waals surface area contributed by atoms with Crippen molar-refractivity contribution in [1.29, 1.82) is 0 Å². The number of urea groups is 1. The Morgan fingerprint density at radius 1 is 1.16 bits per heavy atom. The molecule has 0 unspecified atom stereocenters. The summed E-state index contributed by atoms with van der Waals surface area (Å²) in [5, 5.41) is 5.42. The first kappa shape index (κ1) is 18.3. The van der Waals surface area contributed by atoms with Crippen LogP contribution in [-0.2, 0) is 11.3 Å². The number of benzene rings is 1. The summed E-state index contributed by atoms with van der Waals surface area (Å²) >= 11 is 0. The fourth-order valence-electron chi connectivity index (χ4n) is 2.06. The number of aromatic nitrogens is 1. The van der Waals surface area contributed by atoms with E-state index in [0.29, 0.717) is 23.7 Å². The highest BCUT2D eigenvalue weighted by atomic mass is 16.5. The minimum atomic E-state index is -0.374. The third-order valence-corrected chi connectivity index (χ3v) is 3.30. The van der Waals surface area contributed by atoms with Crippen molar-refractivity contribution in [3.8, 4) is 5.88 Å². The molecule has 132 valence electrons. The molecule has 0 aliphatic carbocycles. The molecule has 0 atom stereocenters. The Morgan fingerprint density at radius 2 is 1.92 bits per heavy atom. The molecule has 1 aromatic carbocycles. The Balaban J connectivity index is 1.87. The van der Waals surface area contributed by atoms with E-state index in [1.54, 1.807) is 36.5 Å². The number of ether oxygens (including phenoxy) is 2. The van der Waals surface area contributed by atoms with Gasteiger partial charge < -0.3 is 20.1 Å². The van der Waals surface area contributed by atoms with E-state index >= 15 is 0 Å². The first-order chi connectivity index (χ1) is 12.1. The summed E-state index contributed by atoms with van der Waals surface area (Å²) in [6, 6.07) is 9.73. The molecule has 0 spiro atoms. The maximum Gasteiger partial charge on any atom is 0.338 e. The fraction of sp³-hybridized carbons (Fsp3) is 0.278. The number of hydrogen-bond acceptors (Lipinski definition) is 5. The Morgan fingerprint density at radius 3 is 2.60 bits per heavy atom. The number of amides is 2. The molecular weight excluding hydrogens is 322 g/mol. The summed E-state index contributed by atoms with van der Waals surface area (Å²) in [5.74, 6) is 0.0965. The number of carbonyl (C=O) groups is 2. The third-order valence-electron chi connectivity index (χ3n) is 3.30. The van der Waals surface area contributed by atoms with Crippen LogP contribution in [0.5, 0.6) is 5.88 Å². The van der Waals surface area contributed by atoms with Gasteiger partial charge in [0.25, 0.3) is 0 Å². The summed E-state index contributed by atoms with van der Waals surface area (Å²) in [4.78, 5) is 27.8. The van der Waals surface area contributed by atoms with Crippen molar-refractivity contribution < 1.29 is 19.1 Å². The Hall–Kier alpha value is -3.09. The summed E-state index contributed by atoms with van der Waals surface area (Å²) in [6.45, 7) is 2.60. The highest BCUT2D eigenvalue weighted by molar-refractivity contribution is 5.92. The summed E-state index contributed by atoms with van der Waals surface area (Å²) in [5.41, 5.74) is 1.79. The maximum atomic E-state index is 12.0. The Bertz CT molecular complexity index is 717. The summed E-state index contributed by atoms with van der Waals surface area (Å²) in [6.07, 6.45) is 2.39. The lowest BCUT2D eigenvalue weighted by atomic mass is 10.2. The van der Waals surface area contributed by atoms with E-state index in [9.17, 15) is 9.59 Å². The minimum Gasteiger partial charge on any atom is -0.481 e. The molecule has 2 rings (SSSR count). The molecule has 2 aromatic rings. The van der Waals surface area contributed by atoms with Crippen molar-refractivity contribution in [3.05, 3.63) is 53.7 Å². The van der Waals surface area contributed by atoms with E-state index < -0.39 is 0 Å². The Kier molecular flexibility index (Phi) is 6.76. The van der Waals surface area contributed by atoms with E-state index in [2.05, 4.69) is 15.6 Å². The monoisotopic (exact) mass is 343 g/mol. The van der Waals surface area contributed by atoms with Gasteiger partial charge in [0.15, 0.2) is 0 Å². The van der Waals surface area contributed by atoms with Crippen molar-refractivity contribution in [3.63, 3.8) is 0 Å². The molecule has 7 nitrogen and oxygen atoms in total. The zero-order valence-electron chi connectivity index (χ0n) is 14.2. The highest BCUT2D eigenvalue weighted by Gasteiger charge is 2.08. The van der Waals surface area contributed by atoms with E-state index in [0.717, 1.165) is 12.0 Å². The van der Waals surface area contributed by atoms with Gasteiger partial charge in [-0.25, -0.2) is 14.6 Å². The second-order valence-corrected chi connectivity index (χ2v) is 5.19. The predicted molar refractivity (Wildman–Crippen MR) is 93.7 cm³/mol. The van der Waals surface area contributed by atoms with Crippen LogP contribution in [0.25, 0.3) is 0 Å². The highest BCUT2D eigenvalue weighted by Crippen LogP contribution is 2.13. The SMILES string of the molecule is CCCOC(=O)c1ccc(NC(=O)NCc2cccnc2OC)cc1. The summed E-state index contributed by atoms with van der Waals surface area (Å²) < 4.78 is 10.2. The number of nitrogens with one attached hydrogen (secondary N) is 2. The average molecular weight is 343 g/mol. The molecule has 0 bridgehead atoms. The number of carbonyl (C=O) groups excluding carboxylic acids is 2. The van der Waals surface area contributed by atoms with Gasteiger partial charge in [-0.05, 0) is 36.8 Å². The summed E-state index contributed by atoms with van der Waals surface area (Å²) in [7, 11) is 1.53. The van der Waals surface area contributed by atoms with Crippen molar-refractivity contribution in [2.24, 2.45) is 0 Å². The average Bonchev–Trinajstić information content (AvgIpc) is 2.65. The molecule has 0 radical (unpaired) electrons. The maximum absolute atomic E-state index is 12.0. The van der Waals surface area contributed by atoms with E-state index in [4.69, 9.17) is 9.47 Å². The van der Waals surface area contributed by atoms with Gasteiger partial charge in [0.1, 0.15) is 0 Å². The lowest BCUT2D eigenvalue weighted by Gasteiger charge is -2.10. The number of rotatable bonds is 7. The first-order valence-corrected chi connectivity index (χ1v) is 7.94. The molecule has 0 aliphatic heterocycles. The molecule has 1 heterocycles. The molecule has 25 heavy (non-hydrogen) atoms. The number of methoxy groups -OCH3 is 1. The second-order valence-electron chi connectivity index (χ2n) is 5.19. The largest absolute Gasteiger partial charge is 0.481 e. The molecule has 0 saturated heterocycles. The van der Waals surface area contributed by atoms with Crippen LogP contribution in [0.2, 0.25) is 0 Å². The van der Waals surface area contributed by atoms with Crippen LogP contribution in [0, 0.1) is 0 Å². The molecule has 0 aliphatic rings. The smallest absolute Gasteiger partial charge is 0.338 e. The lowest BCUT2D eigenvalue weighted by molar-refractivity contribution is 0.0505. The minimum absolute atomic E-state index is 0.282. The van der Waals surface area contributed by atoms with E-state index in [1.807, 2.05) is 13.0 Å². The van der Waals surface area contributed by atoms with Gasteiger partial charge in [-0.2, -0.15) is 0 Å². The molecule has 1 aromatic heterocycles. The topological polar surface area (TPSA) is 89.5 Å². The Labute approximate surface area is 146 Å². The van der Waals surface area contributed by atoms with Crippen LogP contribution in [0.3, 0.4) is 0 Å². The van der Waals surface area contributed by atoms with Crippen molar-refractivity contribution in [1.82, 2.24) is 10.3 Å². The second kappa shape index (κ2) is 9.27. The molecule has 0 fully saturated rings. The van der Waals surface area contributed by atoms with Gasteiger partial charge in [0, 0.05) is 24.0 Å². The van der Waals surface area contributed by atoms with Gasteiger partial charge in [0.05, 0.1) is 19.3 Å². The zero-order valence-corrected chi connectivity index (χ0v) is 14.2. The van der Waals surface area contributed by atoms with Crippen LogP contribution >= 0.6 is 0 Å². The number of esters is 1. The van der Waals surface area contributed by atoms with Gasteiger partial charge in [-0.15, -0.1) is 0 Å². The van der Waals surface area contributed by atoms with E-state index in [1.165, 1.54) is 7.11 Å². The predicted octanol–water partition coefficient (Wildman–Crippen LogP) is 2.98. The van der Waals surface area contributed by atoms with Gasteiger partial charge in [0.2, 0.25) is 5.88 Å². The van der Waals surface area contributed by atoms with Gasteiger partial charge in [-0.1, -0.05) is 13.0 Å². The van der Waals surface area contributed by atoms with Crippen LogP contribution in [0.1, 0.15) is 29.3 Å². The van der Waals surface area contributed by atoms with Crippen molar-refractivity contribution in [2.45, 2.75) is 19.9 Å². The lowest BCUT2D eigenvalue weighted by Crippen LogP contribution is -2.28.